The van der Waals surface area contributed by atoms with Gasteiger partial charge in [0.1, 0.15) is 5.82 Å². The number of hydrogen-bond acceptors (Lipinski definition) is 5. The predicted molar refractivity (Wildman–Crippen MR) is 119 cm³/mol. The van der Waals surface area contributed by atoms with E-state index in [0.717, 1.165) is 60.1 Å². The highest BCUT2D eigenvalue weighted by molar-refractivity contribution is 9.10. The Labute approximate surface area is 172 Å². The van der Waals surface area contributed by atoms with Crippen molar-refractivity contribution in [3.63, 3.8) is 0 Å². The number of rotatable bonds is 10. The van der Waals surface area contributed by atoms with Gasteiger partial charge in [-0.2, -0.15) is 4.98 Å². The minimum absolute atomic E-state index is 0.499. The third-order valence-corrected chi connectivity index (χ3v) is 5.12. The monoisotopic (exact) mass is 433 g/mol. The lowest BCUT2D eigenvalue weighted by atomic mass is 10.0. The van der Waals surface area contributed by atoms with E-state index in [0.29, 0.717) is 5.92 Å². The second-order valence-corrected chi connectivity index (χ2v) is 7.90. The largest absolute Gasteiger partial charge is 0.370 e. The molecular weight excluding hydrogens is 402 g/mol. The highest BCUT2D eigenvalue weighted by atomic mass is 79.9. The van der Waals surface area contributed by atoms with Crippen molar-refractivity contribution >= 4 is 33.4 Å². The van der Waals surface area contributed by atoms with Crippen molar-refractivity contribution < 1.29 is 0 Å². The van der Waals surface area contributed by atoms with Crippen LogP contribution in [0.25, 0.3) is 0 Å². The maximum absolute atomic E-state index is 4.76. The van der Waals surface area contributed by atoms with Crippen LogP contribution < -0.4 is 15.5 Å². The van der Waals surface area contributed by atoms with Crippen LogP contribution in [0.4, 0.5) is 17.5 Å². The Bertz CT molecular complexity index is 733. The van der Waals surface area contributed by atoms with Gasteiger partial charge in [-0.1, -0.05) is 19.9 Å². The van der Waals surface area contributed by atoms with Crippen LogP contribution in [0.15, 0.2) is 28.7 Å². The van der Waals surface area contributed by atoms with Crippen molar-refractivity contribution in [3.05, 3.63) is 40.0 Å². The van der Waals surface area contributed by atoms with Gasteiger partial charge in [-0.3, -0.25) is 0 Å². The van der Waals surface area contributed by atoms with Gasteiger partial charge in [0, 0.05) is 29.3 Å². The van der Waals surface area contributed by atoms with Gasteiger partial charge < -0.3 is 15.5 Å². The van der Waals surface area contributed by atoms with Gasteiger partial charge in [-0.05, 0) is 79.8 Å². The lowest BCUT2D eigenvalue weighted by Crippen LogP contribution is -2.20. The third-order valence-electron chi connectivity index (χ3n) is 4.49. The minimum atomic E-state index is 0.499. The Morgan fingerprint density at radius 2 is 1.85 bits per heavy atom. The first kappa shape index (κ1) is 21.6. The number of nitrogens with zero attached hydrogens (tertiary/aromatic N) is 3. The molecule has 2 aromatic rings. The maximum atomic E-state index is 4.76. The Kier molecular flexibility index (Phi) is 8.51. The topological polar surface area (TPSA) is 53.1 Å². The van der Waals surface area contributed by atoms with Gasteiger partial charge in [0.05, 0.1) is 5.69 Å². The Morgan fingerprint density at radius 1 is 1.11 bits per heavy atom. The molecule has 0 saturated carbocycles. The van der Waals surface area contributed by atoms with E-state index < -0.39 is 0 Å². The molecule has 6 heteroatoms. The fourth-order valence-electron chi connectivity index (χ4n) is 2.93. The van der Waals surface area contributed by atoms with Gasteiger partial charge >= 0.3 is 0 Å². The van der Waals surface area contributed by atoms with Crippen LogP contribution in [0, 0.1) is 6.92 Å². The van der Waals surface area contributed by atoms with Crippen LogP contribution >= 0.6 is 15.9 Å². The number of halogens is 1. The Morgan fingerprint density at radius 3 is 2.48 bits per heavy atom. The van der Waals surface area contributed by atoms with Crippen molar-refractivity contribution in [3.8, 4) is 0 Å². The van der Waals surface area contributed by atoms with Crippen molar-refractivity contribution in [1.29, 1.82) is 0 Å². The standard InChI is InChI=1S/C21H32BrN5/c1-6-27(19-10-9-17(15(2)3)14-18(19)22)21-25-16(4)13-20(26-21)24-12-8-7-11-23-5/h9-10,13-15,23H,6-8,11-12H2,1-5H3,(H,24,25,26). The molecule has 0 aliphatic rings. The van der Waals surface area contributed by atoms with Crippen LogP contribution in [0.2, 0.25) is 0 Å². The molecule has 2 rings (SSSR count). The molecule has 0 aliphatic carbocycles. The molecule has 0 amide bonds. The molecule has 0 radical (unpaired) electrons. The zero-order valence-electron chi connectivity index (χ0n) is 17.1. The van der Waals surface area contributed by atoms with Crippen LogP contribution in [0.1, 0.15) is 50.8 Å². The molecule has 1 heterocycles. The first-order valence-electron chi connectivity index (χ1n) is 9.77. The molecule has 0 fully saturated rings. The van der Waals surface area contributed by atoms with Gasteiger partial charge in [0.15, 0.2) is 0 Å². The van der Waals surface area contributed by atoms with Crippen LogP contribution in [0.5, 0.6) is 0 Å². The number of nitrogens with one attached hydrogen (secondary N) is 2. The summed E-state index contributed by atoms with van der Waals surface area (Å²) >= 11 is 3.74. The quantitative estimate of drug-likeness (QED) is 0.501. The smallest absolute Gasteiger partial charge is 0.232 e. The molecule has 0 atom stereocenters. The number of unbranched alkanes of at least 4 members (excludes halogenated alkanes) is 1. The molecule has 1 aromatic heterocycles. The molecular formula is C21H32BrN5. The highest BCUT2D eigenvalue weighted by Gasteiger charge is 2.16. The zero-order valence-corrected chi connectivity index (χ0v) is 18.7. The van der Waals surface area contributed by atoms with E-state index in [2.05, 4.69) is 75.4 Å². The first-order chi connectivity index (χ1) is 13.0. The number of benzene rings is 1. The van der Waals surface area contributed by atoms with E-state index in [1.165, 1.54) is 5.56 Å². The molecule has 0 unspecified atom stereocenters. The lowest BCUT2D eigenvalue weighted by Gasteiger charge is -2.24. The SMILES string of the molecule is CCN(c1nc(C)cc(NCCCCNC)n1)c1ccc(C(C)C)cc1Br. The van der Waals surface area contributed by atoms with Crippen molar-refractivity contribution in [1.82, 2.24) is 15.3 Å². The summed E-state index contributed by atoms with van der Waals surface area (Å²) in [6.45, 7) is 11.3. The molecule has 0 aliphatic heterocycles. The van der Waals surface area contributed by atoms with Gasteiger partial charge in [-0.25, -0.2) is 4.98 Å². The predicted octanol–water partition coefficient (Wildman–Crippen LogP) is 5.24. The number of aryl methyl sites for hydroxylation is 1. The van der Waals surface area contributed by atoms with E-state index in [1.807, 2.05) is 20.0 Å². The molecule has 0 bridgehead atoms. The maximum Gasteiger partial charge on any atom is 0.232 e. The van der Waals surface area contributed by atoms with E-state index in [1.54, 1.807) is 0 Å². The highest BCUT2D eigenvalue weighted by Crippen LogP contribution is 2.33. The first-order valence-corrected chi connectivity index (χ1v) is 10.6. The van der Waals surface area contributed by atoms with Gasteiger partial charge in [0.2, 0.25) is 5.95 Å². The van der Waals surface area contributed by atoms with E-state index in [-0.39, 0.29) is 0 Å². The fraction of sp³-hybridized carbons (Fsp3) is 0.524. The summed E-state index contributed by atoms with van der Waals surface area (Å²) in [6.07, 6.45) is 2.26. The van der Waals surface area contributed by atoms with Crippen molar-refractivity contribution in [2.24, 2.45) is 0 Å². The summed E-state index contributed by atoms with van der Waals surface area (Å²) in [7, 11) is 1.98. The number of hydrogen-bond donors (Lipinski definition) is 2. The van der Waals surface area contributed by atoms with Crippen LogP contribution in [0.3, 0.4) is 0 Å². The summed E-state index contributed by atoms with van der Waals surface area (Å²) in [6, 6.07) is 8.54. The van der Waals surface area contributed by atoms with Crippen LogP contribution in [-0.4, -0.2) is 36.6 Å². The molecule has 148 valence electrons. The minimum Gasteiger partial charge on any atom is -0.370 e. The van der Waals surface area contributed by atoms with Crippen LogP contribution in [-0.2, 0) is 0 Å². The number of anilines is 3. The number of aromatic nitrogens is 2. The molecule has 2 N–H and O–H groups in total. The molecule has 0 spiro atoms. The summed E-state index contributed by atoms with van der Waals surface area (Å²) < 4.78 is 1.07. The molecule has 5 nitrogen and oxygen atoms in total. The van der Waals surface area contributed by atoms with Crippen molar-refractivity contribution in [2.45, 2.75) is 46.5 Å². The average molecular weight is 434 g/mol. The summed E-state index contributed by atoms with van der Waals surface area (Å²) in [4.78, 5) is 11.6. The van der Waals surface area contributed by atoms with E-state index in [9.17, 15) is 0 Å². The third kappa shape index (κ3) is 6.18. The molecule has 1 aromatic carbocycles. The molecule has 0 saturated heterocycles. The second-order valence-electron chi connectivity index (χ2n) is 7.04. The second kappa shape index (κ2) is 10.6. The summed E-state index contributed by atoms with van der Waals surface area (Å²) in [5.74, 6) is 2.11. The fourth-order valence-corrected chi connectivity index (χ4v) is 3.54. The molecule has 27 heavy (non-hydrogen) atoms. The van der Waals surface area contributed by atoms with Gasteiger partial charge in [0.25, 0.3) is 0 Å². The zero-order chi connectivity index (χ0) is 19.8. The Hall–Kier alpha value is -1.66. The normalized spacial score (nSPS) is 11.1. The Balaban J connectivity index is 2.21. The van der Waals surface area contributed by atoms with E-state index in [4.69, 9.17) is 4.98 Å². The summed E-state index contributed by atoms with van der Waals surface area (Å²) in [5.41, 5.74) is 3.37. The average Bonchev–Trinajstić information content (AvgIpc) is 2.63. The summed E-state index contributed by atoms with van der Waals surface area (Å²) in [5, 5.41) is 6.61. The van der Waals surface area contributed by atoms with Crippen molar-refractivity contribution in [2.75, 3.05) is 36.9 Å². The lowest BCUT2D eigenvalue weighted by molar-refractivity contribution is 0.693. The van der Waals surface area contributed by atoms with E-state index >= 15 is 0 Å². The van der Waals surface area contributed by atoms with Gasteiger partial charge in [-0.15, -0.1) is 0 Å².